The van der Waals surface area contributed by atoms with Crippen molar-refractivity contribution in [1.29, 1.82) is 0 Å². The van der Waals surface area contributed by atoms with Gasteiger partial charge in [-0.3, -0.25) is 4.37 Å². The second kappa shape index (κ2) is 3.25. The van der Waals surface area contributed by atoms with E-state index in [1.165, 1.54) is 0 Å². The molecule has 0 atom stereocenters. The highest BCUT2D eigenvalue weighted by Gasteiger charge is 2.17. The Labute approximate surface area is 91.7 Å². The van der Waals surface area contributed by atoms with Crippen LogP contribution in [0.15, 0.2) is 10.5 Å². The standard InChI is InChI=1S/C7H5BrN3O2S/c1-3-2-4(8)5-6(10-14-9-5)7(3)11(12)13/h2,9H,1H3/q-1. The molecule has 74 valence electrons. The van der Waals surface area contributed by atoms with E-state index in [2.05, 4.69) is 24.7 Å². The molecule has 14 heavy (non-hydrogen) atoms. The maximum Gasteiger partial charge on any atom is 0.254 e. The highest BCUT2D eigenvalue weighted by Crippen LogP contribution is 2.25. The third kappa shape index (κ3) is 1.28. The molecule has 1 heterocycles. The van der Waals surface area contributed by atoms with Crippen molar-refractivity contribution in [2.24, 2.45) is 0 Å². The zero-order chi connectivity index (χ0) is 10.3. The summed E-state index contributed by atoms with van der Waals surface area (Å²) in [7, 11) is 0. The molecule has 0 aromatic heterocycles. The zero-order valence-corrected chi connectivity index (χ0v) is 9.48. The summed E-state index contributed by atoms with van der Waals surface area (Å²) in [6.45, 7) is 1.70. The van der Waals surface area contributed by atoms with E-state index < -0.39 is 4.90 Å². The molecule has 1 aliphatic heterocycles. The maximum atomic E-state index is 10.8. The number of rotatable bonds is 0. The lowest BCUT2D eigenvalue weighted by atomic mass is 10.1. The molecular formula is C7H5BrN3O2S-. The topological polar surface area (TPSA) is 77.8 Å². The van der Waals surface area contributed by atoms with Crippen LogP contribution in [0.25, 0.3) is 11.4 Å². The minimum atomic E-state index is -0.405. The highest BCUT2D eigenvalue weighted by atomic mass is 79.9. The number of nitrogens with zero attached hydrogens (tertiary/aromatic N) is 2. The Morgan fingerprint density at radius 3 is 2.93 bits per heavy atom. The van der Waals surface area contributed by atoms with Crippen molar-refractivity contribution >= 4 is 27.7 Å². The van der Waals surface area contributed by atoms with E-state index in [0.29, 0.717) is 17.0 Å². The van der Waals surface area contributed by atoms with Crippen LogP contribution in [0, 0.1) is 17.3 Å². The van der Waals surface area contributed by atoms with E-state index in [1.807, 2.05) is 0 Å². The van der Waals surface area contributed by atoms with Crippen LogP contribution in [-0.4, -0.2) is 8.75 Å². The van der Waals surface area contributed by atoms with Gasteiger partial charge in [-0.2, -0.15) is 9.28 Å². The molecule has 0 saturated heterocycles. The first-order valence-electron chi connectivity index (χ1n) is 3.72. The average Bonchev–Trinajstić information content (AvgIpc) is 2.51. The number of hydrogen-bond donors (Lipinski definition) is 1. The molecule has 2 rings (SSSR count). The van der Waals surface area contributed by atoms with Crippen LogP contribution >= 0.6 is 27.7 Å². The second-order valence-corrected chi connectivity index (χ2v) is 4.21. The first-order valence-corrected chi connectivity index (χ1v) is 5.28. The van der Waals surface area contributed by atoms with E-state index >= 15 is 0 Å². The minimum Gasteiger partial charge on any atom is -0.612 e. The molecule has 2 aliphatic rings. The number of fused-ring (bicyclic) bond motifs is 1. The molecule has 1 N–H and O–H groups in total. The largest absolute Gasteiger partial charge is 0.612 e. The summed E-state index contributed by atoms with van der Waals surface area (Å²) >= 11 is 4.42. The zero-order valence-electron chi connectivity index (χ0n) is 7.07. The van der Waals surface area contributed by atoms with Gasteiger partial charge in [-0.05, 0) is 28.9 Å². The van der Waals surface area contributed by atoms with Crippen molar-refractivity contribution in [2.45, 2.75) is 6.92 Å². The summed E-state index contributed by atoms with van der Waals surface area (Å²) in [4.78, 5) is -0.405. The molecule has 0 amide bonds. The van der Waals surface area contributed by atoms with Gasteiger partial charge in [0.1, 0.15) is 0 Å². The molecule has 0 spiro atoms. The van der Waals surface area contributed by atoms with E-state index in [9.17, 15) is 10.4 Å². The SMILES string of the molecule is Cc1cc(Br)c2[nH]snc-2c1=[N+]([O-])[O-]. The van der Waals surface area contributed by atoms with E-state index in [0.717, 1.165) is 16.2 Å². The van der Waals surface area contributed by atoms with Gasteiger partial charge >= 0.3 is 0 Å². The Bertz CT molecular complexity index is 514. The van der Waals surface area contributed by atoms with Gasteiger partial charge in [0, 0.05) is 21.8 Å². The molecule has 0 saturated carbocycles. The lowest BCUT2D eigenvalue weighted by Crippen LogP contribution is -2.24. The monoisotopic (exact) mass is 274 g/mol. The van der Waals surface area contributed by atoms with Crippen molar-refractivity contribution in [3.8, 4) is 11.4 Å². The first-order chi connectivity index (χ1) is 6.61. The Balaban J connectivity index is 3.00. The van der Waals surface area contributed by atoms with E-state index in [1.54, 1.807) is 13.0 Å². The van der Waals surface area contributed by atoms with Gasteiger partial charge < -0.3 is 10.4 Å². The smallest absolute Gasteiger partial charge is 0.254 e. The average molecular weight is 275 g/mol. The first kappa shape index (κ1) is 9.47. The fraction of sp³-hybridized carbons (Fsp3) is 0.143. The van der Waals surface area contributed by atoms with Gasteiger partial charge in [-0.1, -0.05) is 0 Å². The van der Waals surface area contributed by atoms with Gasteiger partial charge in [-0.15, -0.1) is 0 Å². The molecule has 0 bridgehead atoms. The number of H-pyrrole nitrogens is 1. The summed E-state index contributed by atoms with van der Waals surface area (Å²) in [6.07, 6.45) is 0. The van der Waals surface area contributed by atoms with Crippen molar-refractivity contribution in [3.63, 3.8) is 0 Å². The van der Waals surface area contributed by atoms with Gasteiger partial charge in [0.05, 0.1) is 5.69 Å². The van der Waals surface area contributed by atoms with E-state index in [-0.39, 0.29) is 5.36 Å². The highest BCUT2D eigenvalue weighted by molar-refractivity contribution is 9.10. The molecule has 0 unspecified atom stereocenters. The van der Waals surface area contributed by atoms with Gasteiger partial charge in [-0.25, -0.2) is 0 Å². The van der Waals surface area contributed by atoms with Crippen LogP contribution in [0.4, 0.5) is 0 Å². The lowest BCUT2D eigenvalue weighted by Gasteiger charge is -2.07. The number of aromatic amines is 1. The molecule has 0 radical (unpaired) electrons. The molecule has 0 aromatic carbocycles. The predicted octanol–water partition coefficient (Wildman–Crippen LogP) is 1.41. The number of halogens is 1. The van der Waals surface area contributed by atoms with Crippen LogP contribution < -0.4 is 10.3 Å². The fourth-order valence-electron chi connectivity index (χ4n) is 1.28. The Hall–Kier alpha value is -1.08. The summed E-state index contributed by atoms with van der Waals surface area (Å²) in [5.74, 6) is 0. The van der Waals surface area contributed by atoms with Crippen molar-refractivity contribution in [3.05, 3.63) is 31.9 Å². The molecule has 0 fully saturated rings. The Morgan fingerprint density at radius 1 is 1.57 bits per heavy atom. The van der Waals surface area contributed by atoms with E-state index in [4.69, 9.17) is 0 Å². The Kier molecular flexibility index (Phi) is 2.20. The summed E-state index contributed by atoms with van der Waals surface area (Å²) < 4.78 is 7.66. The predicted molar refractivity (Wildman–Crippen MR) is 57.5 cm³/mol. The normalized spacial score (nSPS) is 10.7. The number of hydrogen-bond acceptors (Lipinski definition) is 4. The number of aromatic nitrogens is 2. The Morgan fingerprint density at radius 2 is 2.29 bits per heavy atom. The third-order valence-electron chi connectivity index (χ3n) is 1.88. The number of nitrogens with one attached hydrogen (secondary N) is 1. The number of benzene rings is 1. The number of aryl methyl sites for hydroxylation is 1. The van der Waals surface area contributed by atoms with Crippen LogP contribution in [0.3, 0.4) is 0 Å². The third-order valence-corrected chi connectivity index (χ3v) is 3.08. The minimum absolute atomic E-state index is 0.0701. The molecular weight excluding hydrogens is 270 g/mol. The van der Waals surface area contributed by atoms with Gasteiger partial charge in [0.2, 0.25) is 0 Å². The summed E-state index contributed by atoms with van der Waals surface area (Å²) in [6, 6.07) is 1.71. The molecule has 0 aromatic rings. The maximum absolute atomic E-state index is 10.8. The van der Waals surface area contributed by atoms with Crippen molar-refractivity contribution < 1.29 is 0 Å². The molecule has 7 heteroatoms. The second-order valence-electron chi connectivity index (χ2n) is 2.79. The van der Waals surface area contributed by atoms with Gasteiger partial charge in [0.15, 0.2) is 5.69 Å². The van der Waals surface area contributed by atoms with Crippen molar-refractivity contribution in [2.75, 3.05) is 0 Å². The fourth-order valence-corrected chi connectivity index (χ4v) is 2.65. The lowest BCUT2D eigenvalue weighted by molar-refractivity contribution is 0.949. The van der Waals surface area contributed by atoms with Crippen LogP contribution in [-0.2, 0) is 0 Å². The quantitative estimate of drug-likeness (QED) is 0.738. The van der Waals surface area contributed by atoms with Crippen LogP contribution in [0.2, 0.25) is 0 Å². The molecule has 1 aliphatic carbocycles. The van der Waals surface area contributed by atoms with Gasteiger partial charge in [0.25, 0.3) is 5.36 Å². The summed E-state index contributed by atoms with van der Waals surface area (Å²) in [5.41, 5.74) is 1.69. The van der Waals surface area contributed by atoms with Crippen molar-refractivity contribution in [1.82, 2.24) is 13.6 Å². The van der Waals surface area contributed by atoms with Crippen LogP contribution in [0.5, 0.6) is 0 Å². The molecule has 5 nitrogen and oxygen atoms in total. The summed E-state index contributed by atoms with van der Waals surface area (Å²) in [5, 5.41) is 21.6. The van der Waals surface area contributed by atoms with Crippen LogP contribution in [0.1, 0.15) is 5.56 Å².